The van der Waals surface area contributed by atoms with Gasteiger partial charge in [-0.15, -0.1) is 0 Å². The van der Waals surface area contributed by atoms with E-state index >= 15 is 0 Å². The van der Waals surface area contributed by atoms with Crippen LogP contribution in [0.1, 0.15) is 15.9 Å². The van der Waals surface area contributed by atoms with Gasteiger partial charge >= 0.3 is 0 Å². The van der Waals surface area contributed by atoms with Crippen molar-refractivity contribution in [3.8, 4) is 23.0 Å². The molecule has 6 nitrogen and oxygen atoms in total. The Hall–Kier alpha value is -2.93. The Balaban J connectivity index is 1.58. The van der Waals surface area contributed by atoms with Crippen molar-refractivity contribution in [1.29, 1.82) is 0 Å². The van der Waals surface area contributed by atoms with E-state index in [1.165, 1.54) is 11.8 Å². The SMILES string of the molecule is COc1ccc(OC)c(C(=O)CSc2nc3cc4c(cc3cc2C)OCO4)c1. The molecule has 28 heavy (non-hydrogen) atoms. The van der Waals surface area contributed by atoms with Crippen molar-refractivity contribution in [2.24, 2.45) is 0 Å². The number of ketones is 1. The van der Waals surface area contributed by atoms with Gasteiger partial charge in [-0.1, -0.05) is 11.8 Å². The third kappa shape index (κ3) is 3.45. The lowest BCUT2D eigenvalue weighted by molar-refractivity contribution is 0.101. The number of rotatable bonds is 6. The molecule has 1 aliphatic rings. The number of benzene rings is 2. The summed E-state index contributed by atoms with van der Waals surface area (Å²) in [7, 11) is 3.11. The summed E-state index contributed by atoms with van der Waals surface area (Å²) in [5.74, 6) is 2.76. The van der Waals surface area contributed by atoms with Crippen LogP contribution in [0.25, 0.3) is 10.9 Å². The molecule has 0 radical (unpaired) electrons. The smallest absolute Gasteiger partial charge is 0.231 e. The minimum Gasteiger partial charge on any atom is -0.497 e. The molecule has 0 N–H and O–H groups in total. The number of hydrogen-bond donors (Lipinski definition) is 0. The van der Waals surface area contributed by atoms with Crippen LogP contribution in [0, 0.1) is 6.92 Å². The molecule has 0 atom stereocenters. The first kappa shape index (κ1) is 18.4. The maximum atomic E-state index is 12.8. The first-order valence-corrected chi connectivity index (χ1v) is 9.66. The summed E-state index contributed by atoms with van der Waals surface area (Å²) in [4.78, 5) is 17.5. The van der Waals surface area contributed by atoms with Gasteiger partial charge in [-0.2, -0.15) is 0 Å². The fourth-order valence-corrected chi connectivity index (χ4v) is 3.91. The molecule has 0 fully saturated rings. The third-order valence-corrected chi connectivity index (χ3v) is 5.59. The molecule has 7 heteroatoms. The zero-order valence-corrected chi connectivity index (χ0v) is 16.6. The van der Waals surface area contributed by atoms with E-state index < -0.39 is 0 Å². The number of Topliss-reactive ketones (excluding diaryl/α,β-unsaturated/α-hetero) is 1. The van der Waals surface area contributed by atoms with Crippen LogP contribution in [0.4, 0.5) is 0 Å². The number of nitrogens with zero attached hydrogens (tertiary/aromatic N) is 1. The summed E-state index contributed by atoms with van der Waals surface area (Å²) in [6.45, 7) is 2.21. The second-order valence-electron chi connectivity index (χ2n) is 6.29. The van der Waals surface area contributed by atoms with E-state index in [9.17, 15) is 4.79 Å². The summed E-state index contributed by atoms with van der Waals surface area (Å²) in [5, 5.41) is 1.79. The third-order valence-electron chi connectivity index (χ3n) is 4.50. The molecule has 144 valence electrons. The maximum absolute atomic E-state index is 12.8. The van der Waals surface area contributed by atoms with E-state index in [1.54, 1.807) is 32.4 Å². The van der Waals surface area contributed by atoms with Crippen LogP contribution < -0.4 is 18.9 Å². The Labute approximate surface area is 166 Å². The monoisotopic (exact) mass is 397 g/mol. The number of thioether (sulfide) groups is 1. The molecule has 0 amide bonds. The number of aryl methyl sites for hydroxylation is 1. The molecule has 0 spiro atoms. The van der Waals surface area contributed by atoms with Crippen LogP contribution in [-0.4, -0.2) is 37.5 Å². The number of aromatic nitrogens is 1. The lowest BCUT2D eigenvalue weighted by Crippen LogP contribution is -2.06. The molecule has 0 unspecified atom stereocenters. The van der Waals surface area contributed by atoms with E-state index in [2.05, 4.69) is 0 Å². The Morgan fingerprint density at radius 3 is 2.64 bits per heavy atom. The normalized spacial score (nSPS) is 12.2. The number of fused-ring (bicyclic) bond motifs is 2. The number of hydrogen-bond acceptors (Lipinski definition) is 7. The first-order chi connectivity index (χ1) is 13.6. The van der Waals surface area contributed by atoms with Crippen LogP contribution in [0.5, 0.6) is 23.0 Å². The van der Waals surface area contributed by atoms with E-state index in [1.807, 2.05) is 25.1 Å². The molecule has 4 rings (SSSR count). The second-order valence-corrected chi connectivity index (χ2v) is 7.25. The highest BCUT2D eigenvalue weighted by molar-refractivity contribution is 8.00. The molecule has 0 saturated heterocycles. The second kappa shape index (κ2) is 7.59. The van der Waals surface area contributed by atoms with Crippen molar-refractivity contribution in [3.05, 3.63) is 47.5 Å². The van der Waals surface area contributed by atoms with E-state index in [0.717, 1.165) is 27.2 Å². The number of ether oxygens (including phenoxy) is 4. The highest BCUT2D eigenvalue weighted by atomic mass is 32.2. The Morgan fingerprint density at radius 1 is 1.11 bits per heavy atom. The van der Waals surface area contributed by atoms with E-state index in [4.69, 9.17) is 23.9 Å². The van der Waals surface area contributed by atoms with Crippen LogP contribution in [0.3, 0.4) is 0 Å². The van der Waals surface area contributed by atoms with Gasteiger partial charge in [0.05, 0.1) is 31.1 Å². The molecular formula is C21H19NO5S. The van der Waals surface area contributed by atoms with Crippen molar-refractivity contribution in [2.75, 3.05) is 26.8 Å². The number of carbonyl (C=O) groups is 1. The maximum Gasteiger partial charge on any atom is 0.231 e. The van der Waals surface area contributed by atoms with Gasteiger partial charge in [0.25, 0.3) is 0 Å². The van der Waals surface area contributed by atoms with Gasteiger partial charge in [0.1, 0.15) is 16.5 Å². The van der Waals surface area contributed by atoms with Gasteiger partial charge in [0, 0.05) is 11.5 Å². The fourth-order valence-electron chi connectivity index (χ4n) is 3.04. The van der Waals surface area contributed by atoms with Gasteiger partial charge in [-0.3, -0.25) is 4.79 Å². The van der Waals surface area contributed by atoms with Crippen molar-refractivity contribution in [2.45, 2.75) is 11.9 Å². The molecular weight excluding hydrogens is 378 g/mol. The molecule has 2 aromatic carbocycles. The van der Waals surface area contributed by atoms with Crippen LogP contribution >= 0.6 is 11.8 Å². The first-order valence-electron chi connectivity index (χ1n) is 8.68. The van der Waals surface area contributed by atoms with Gasteiger partial charge in [0.15, 0.2) is 17.3 Å². The predicted molar refractivity (Wildman–Crippen MR) is 107 cm³/mol. The minimum atomic E-state index is -0.0484. The van der Waals surface area contributed by atoms with Crippen molar-refractivity contribution in [1.82, 2.24) is 4.98 Å². The molecule has 0 aliphatic carbocycles. The topological polar surface area (TPSA) is 66.9 Å². The quantitative estimate of drug-likeness (QED) is 0.455. The van der Waals surface area contributed by atoms with Gasteiger partial charge in [0.2, 0.25) is 6.79 Å². The molecule has 0 saturated carbocycles. The fraction of sp³-hybridized carbons (Fsp3) is 0.238. The van der Waals surface area contributed by atoms with Crippen LogP contribution in [0.2, 0.25) is 0 Å². The summed E-state index contributed by atoms with van der Waals surface area (Å²) < 4.78 is 21.4. The largest absolute Gasteiger partial charge is 0.497 e. The van der Waals surface area contributed by atoms with Crippen molar-refractivity contribution < 1.29 is 23.7 Å². The Bertz CT molecular complexity index is 1070. The molecule has 0 bridgehead atoms. The van der Waals surface area contributed by atoms with E-state index in [0.29, 0.717) is 22.8 Å². The molecule has 3 aromatic rings. The van der Waals surface area contributed by atoms with Crippen molar-refractivity contribution >= 4 is 28.4 Å². The number of carbonyl (C=O) groups excluding carboxylic acids is 1. The molecule has 1 aromatic heterocycles. The highest BCUT2D eigenvalue weighted by Gasteiger charge is 2.18. The standard InChI is InChI=1S/C21H19NO5S/c1-12-6-13-7-19-20(27-11-26-19)9-16(13)22-21(12)28-10-17(23)15-8-14(24-2)4-5-18(15)25-3/h4-9H,10-11H2,1-3H3. The minimum absolute atomic E-state index is 0.0484. The molecule has 2 heterocycles. The average molecular weight is 397 g/mol. The van der Waals surface area contributed by atoms with Gasteiger partial charge < -0.3 is 18.9 Å². The lowest BCUT2D eigenvalue weighted by Gasteiger charge is -2.10. The van der Waals surface area contributed by atoms with Gasteiger partial charge in [-0.25, -0.2) is 4.98 Å². The molecule has 1 aliphatic heterocycles. The van der Waals surface area contributed by atoms with E-state index in [-0.39, 0.29) is 18.3 Å². The van der Waals surface area contributed by atoms with Gasteiger partial charge in [-0.05, 0) is 42.8 Å². The lowest BCUT2D eigenvalue weighted by atomic mass is 10.1. The number of pyridine rings is 1. The summed E-state index contributed by atoms with van der Waals surface area (Å²) in [6.07, 6.45) is 0. The summed E-state index contributed by atoms with van der Waals surface area (Å²) >= 11 is 1.40. The van der Waals surface area contributed by atoms with Crippen LogP contribution in [0.15, 0.2) is 41.4 Å². The predicted octanol–water partition coefficient (Wildman–Crippen LogP) is 4.26. The highest BCUT2D eigenvalue weighted by Crippen LogP contribution is 2.37. The number of methoxy groups -OCH3 is 2. The zero-order valence-electron chi connectivity index (χ0n) is 15.8. The zero-order chi connectivity index (χ0) is 19.7. The van der Waals surface area contributed by atoms with Crippen molar-refractivity contribution in [3.63, 3.8) is 0 Å². The summed E-state index contributed by atoms with van der Waals surface area (Å²) in [6, 6.07) is 11.0. The Morgan fingerprint density at radius 2 is 1.89 bits per heavy atom. The summed E-state index contributed by atoms with van der Waals surface area (Å²) in [5.41, 5.74) is 2.31. The Kier molecular flexibility index (Phi) is 5.00. The average Bonchev–Trinajstić information content (AvgIpc) is 3.17. The van der Waals surface area contributed by atoms with Crippen LogP contribution in [-0.2, 0) is 0 Å².